The van der Waals surface area contributed by atoms with Crippen molar-refractivity contribution in [2.45, 2.75) is 96.5 Å². The van der Waals surface area contributed by atoms with Crippen LogP contribution >= 0.6 is 0 Å². The molecule has 0 bridgehead atoms. The van der Waals surface area contributed by atoms with Crippen LogP contribution in [0, 0.1) is 0 Å². The first kappa shape index (κ1) is 18.4. The van der Waals surface area contributed by atoms with Crippen LogP contribution in [0.15, 0.2) is 0 Å². The van der Waals surface area contributed by atoms with Gasteiger partial charge in [-0.05, 0) is 25.7 Å². The van der Waals surface area contributed by atoms with Gasteiger partial charge in [-0.2, -0.15) is 0 Å². The number of carbonyl (C=O) groups is 1. The van der Waals surface area contributed by atoms with Crippen molar-refractivity contribution in [1.29, 1.82) is 0 Å². The summed E-state index contributed by atoms with van der Waals surface area (Å²) in [5, 5.41) is 19.4. The van der Waals surface area contributed by atoms with Crippen molar-refractivity contribution in [1.82, 2.24) is 0 Å². The molecular formula is C16H32O3. The quantitative estimate of drug-likeness (QED) is 0.484. The lowest BCUT2D eigenvalue weighted by atomic mass is 9.90. The molecule has 0 rings (SSSR count). The lowest BCUT2D eigenvalue weighted by Crippen LogP contribution is -2.38. The number of rotatable bonds is 13. The van der Waals surface area contributed by atoms with Gasteiger partial charge in [-0.15, -0.1) is 0 Å². The zero-order chi connectivity index (χ0) is 14.6. The van der Waals surface area contributed by atoms with Gasteiger partial charge in [0.25, 0.3) is 0 Å². The molecule has 3 nitrogen and oxygen atoms in total. The van der Waals surface area contributed by atoms with Crippen molar-refractivity contribution in [2.75, 3.05) is 0 Å². The van der Waals surface area contributed by atoms with Gasteiger partial charge in [0.05, 0.1) is 0 Å². The first-order valence-corrected chi connectivity index (χ1v) is 8.02. The predicted octanol–water partition coefficient (Wildman–Crippen LogP) is 4.52. The van der Waals surface area contributed by atoms with Gasteiger partial charge < -0.3 is 10.2 Å². The van der Waals surface area contributed by atoms with Crippen LogP contribution in [0.5, 0.6) is 0 Å². The molecular weight excluding hydrogens is 240 g/mol. The third-order valence-corrected chi connectivity index (χ3v) is 3.79. The maximum atomic E-state index is 11.2. The molecule has 0 radical (unpaired) electrons. The lowest BCUT2D eigenvalue weighted by molar-refractivity contribution is -0.160. The molecule has 19 heavy (non-hydrogen) atoms. The van der Waals surface area contributed by atoms with Crippen molar-refractivity contribution in [3.8, 4) is 0 Å². The maximum Gasteiger partial charge on any atom is 0.335 e. The molecule has 0 aromatic rings. The summed E-state index contributed by atoms with van der Waals surface area (Å²) >= 11 is 0. The van der Waals surface area contributed by atoms with Gasteiger partial charge in [-0.3, -0.25) is 0 Å². The van der Waals surface area contributed by atoms with E-state index in [0.717, 1.165) is 38.5 Å². The summed E-state index contributed by atoms with van der Waals surface area (Å²) < 4.78 is 0. The van der Waals surface area contributed by atoms with E-state index in [9.17, 15) is 15.0 Å². The molecule has 0 spiro atoms. The molecule has 0 saturated carbocycles. The van der Waals surface area contributed by atoms with Crippen LogP contribution in [0.3, 0.4) is 0 Å². The van der Waals surface area contributed by atoms with Gasteiger partial charge in [-0.25, -0.2) is 4.79 Å². The van der Waals surface area contributed by atoms with E-state index in [-0.39, 0.29) is 0 Å². The zero-order valence-electron chi connectivity index (χ0n) is 12.8. The SMILES string of the molecule is CCCCCCCC(O)(CCCCCCC)C(=O)O. The lowest BCUT2D eigenvalue weighted by Gasteiger charge is -2.23. The Balaban J connectivity index is 3.88. The van der Waals surface area contributed by atoms with Gasteiger partial charge in [0.2, 0.25) is 0 Å². The highest BCUT2D eigenvalue weighted by Crippen LogP contribution is 2.23. The van der Waals surface area contributed by atoms with Crippen LogP contribution in [-0.2, 0) is 4.79 Å². The van der Waals surface area contributed by atoms with Crippen molar-refractivity contribution < 1.29 is 15.0 Å². The molecule has 3 heteroatoms. The largest absolute Gasteiger partial charge is 0.479 e. The Hall–Kier alpha value is -0.570. The minimum atomic E-state index is -1.49. The van der Waals surface area contributed by atoms with Gasteiger partial charge in [0.1, 0.15) is 0 Å². The Morgan fingerprint density at radius 3 is 1.47 bits per heavy atom. The van der Waals surface area contributed by atoms with E-state index < -0.39 is 11.6 Å². The number of carboxylic acids is 1. The normalized spacial score (nSPS) is 11.7. The average Bonchev–Trinajstić information content (AvgIpc) is 2.38. The first-order valence-electron chi connectivity index (χ1n) is 8.02. The third-order valence-electron chi connectivity index (χ3n) is 3.79. The summed E-state index contributed by atoms with van der Waals surface area (Å²) in [5.74, 6) is -1.04. The number of hydrogen-bond acceptors (Lipinski definition) is 2. The number of carboxylic acid groups (broad SMARTS) is 1. The van der Waals surface area contributed by atoms with Crippen LogP contribution in [0.4, 0.5) is 0 Å². The highest BCUT2D eigenvalue weighted by molar-refractivity contribution is 5.76. The molecule has 0 aliphatic carbocycles. The maximum absolute atomic E-state index is 11.2. The van der Waals surface area contributed by atoms with Crippen LogP contribution in [0.25, 0.3) is 0 Å². The molecule has 0 aliphatic rings. The molecule has 0 fully saturated rings. The molecule has 0 saturated heterocycles. The second kappa shape index (κ2) is 11.3. The van der Waals surface area contributed by atoms with E-state index in [2.05, 4.69) is 13.8 Å². The minimum Gasteiger partial charge on any atom is -0.479 e. The Morgan fingerprint density at radius 2 is 1.16 bits per heavy atom. The summed E-state index contributed by atoms with van der Waals surface area (Å²) in [6, 6.07) is 0. The molecule has 114 valence electrons. The van der Waals surface area contributed by atoms with E-state index in [1.807, 2.05) is 0 Å². The summed E-state index contributed by atoms with van der Waals surface area (Å²) in [4.78, 5) is 11.2. The van der Waals surface area contributed by atoms with E-state index >= 15 is 0 Å². The predicted molar refractivity (Wildman–Crippen MR) is 79.3 cm³/mol. The molecule has 0 aromatic carbocycles. The van der Waals surface area contributed by atoms with E-state index in [1.165, 1.54) is 25.7 Å². The first-order chi connectivity index (χ1) is 9.06. The second-order valence-electron chi connectivity index (χ2n) is 5.67. The Labute approximate surface area is 118 Å². The van der Waals surface area contributed by atoms with Crippen molar-refractivity contribution in [3.63, 3.8) is 0 Å². The van der Waals surface area contributed by atoms with E-state index in [4.69, 9.17) is 0 Å². The third kappa shape index (κ3) is 9.04. The van der Waals surface area contributed by atoms with Crippen LogP contribution in [-0.4, -0.2) is 21.8 Å². The van der Waals surface area contributed by atoms with Gasteiger partial charge in [0, 0.05) is 0 Å². The Bertz CT molecular complexity index is 212. The van der Waals surface area contributed by atoms with Crippen LogP contribution < -0.4 is 0 Å². The van der Waals surface area contributed by atoms with Crippen LogP contribution in [0.2, 0.25) is 0 Å². The highest BCUT2D eigenvalue weighted by atomic mass is 16.4. The number of hydrogen-bond donors (Lipinski definition) is 2. The summed E-state index contributed by atoms with van der Waals surface area (Å²) in [7, 11) is 0. The Morgan fingerprint density at radius 1 is 0.789 bits per heavy atom. The van der Waals surface area contributed by atoms with Gasteiger partial charge in [0.15, 0.2) is 5.60 Å². The monoisotopic (exact) mass is 272 g/mol. The molecule has 0 heterocycles. The fourth-order valence-electron chi connectivity index (χ4n) is 2.38. The molecule has 0 unspecified atom stereocenters. The summed E-state index contributed by atoms with van der Waals surface area (Å²) in [6.45, 7) is 4.31. The molecule has 0 aliphatic heterocycles. The smallest absolute Gasteiger partial charge is 0.335 e. The minimum absolute atomic E-state index is 0.403. The topological polar surface area (TPSA) is 57.5 Å². The number of aliphatic hydroxyl groups is 1. The molecule has 0 amide bonds. The van der Waals surface area contributed by atoms with Gasteiger partial charge >= 0.3 is 5.97 Å². The van der Waals surface area contributed by atoms with Crippen molar-refractivity contribution >= 4 is 5.97 Å². The fraction of sp³-hybridized carbons (Fsp3) is 0.938. The molecule has 0 aromatic heterocycles. The standard InChI is InChI=1S/C16H32O3/c1-3-5-7-9-11-13-16(19,15(17)18)14-12-10-8-6-4-2/h19H,3-14H2,1-2H3,(H,17,18). The zero-order valence-corrected chi connectivity index (χ0v) is 12.8. The fourth-order valence-corrected chi connectivity index (χ4v) is 2.38. The molecule has 0 atom stereocenters. The van der Waals surface area contributed by atoms with Crippen molar-refractivity contribution in [2.24, 2.45) is 0 Å². The number of unbranched alkanes of at least 4 members (excludes halogenated alkanes) is 8. The summed E-state index contributed by atoms with van der Waals surface area (Å²) in [5.41, 5.74) is -1.49. The van der Waals surface area contributed by atoms with E-state index in [0.29, 0.717) is 12.8 Å². The molecule has 2 N–H and O–H groups in total. The van der Waals surface area contributed by atoms with Crippen molar-refractivity contribution in [3.05, 3.63) is 0 Å². The average molecular weight is 272 g/mol. The van der Waals surface area contributed by atoms with E-state index in [1.54, 1.807) is 0 Å². The highest BCUT2D eigenvalue weighted by Gasteiger charge is 2.34. The summed E-state index contributed by atoms with van der Waals surface area (Å²) in [6.07, 6.45) is 11.5. The van der Waals surface area contributed by atoms with Gasteiger partial charge in [-0.1, -0.05) is 65.2 Å². The second-order valence-corrected chi connectivity index (χ2v) is 5.67. The Kier molecular flexibility index (Phi) is 10.9. The number of aliphatic carboxylic acids is 1. The van der Waals surface area contributed by atoms with Crippen LogP contribution in [0.1, 0.15) is 90.9 Å².